The molecule has 1 unspecified atom stereocenters. The molecule has 0 aromatic carbocycles. The number of hydrogen-bond acceptors (Lipinski definition) is 1. The lowest BCUT2D eigenvalue weighted by molar-refractivity contribution is -0.126. The van der Waals surface area contributed by atoms with Gasteiger partial charge in [-0.3, -0.25) is 4.79 Å². The van der Waals surface area contributed by atoms with Crippen LogP contribution < -0.4 is 5.32 Å². The molecule has 15 heavy (non-hydrogen) atoms. The molecule has 0 aliphatic carbocycles. The standard InChI is InChI=1S/C12H24BrNO/c1-5-10(6-2)12(15)14-11(7-8-13)9(3)4/h9-11H,5-8H2,1-4H3,(H,14,15). The molecule has 0 saturated carbocycles. The smallest absolute Gasteiger partial charge is 0.223 e. The summed E-state index contributed by atoms with van der Waals surface area (Å²) >= 11 is 3.43. The van der Waals surface area contributed by atoms with Crippen LogP contribution >= 0.6 is 15.9 Å². The topological polar surface area (TPSA) is 29.1 Å². The van der Waals surface area contributed by atoms with Gasteiger partial charge < -0.3 is 5.32 Å². The molecule has 0 aromatic heterocycles. The summed E-state index contributed by atoms with van der Waals surface area (Å²) in [5, 5.41) is 4.09. The summed E-state index contributed by atoms with van der Waals surface area (Å²) in [5.74, 6) is 0.905. The molecule has 0 spiro atoms. The van der Waals surface area contributed by atoms with Gasteiger partial charge in [0.1, 0.15) is 0 Å². The number of hydrogen-bond donors (Lipinski definition) is 1. The monoisotopic (exact) mass is 277 g/mol. The zero-order valence-corrected chi connectivity index (χ0v) is 11.9. The van der Waals surface area contributed by atoms with Gasteiger partial charge in [-0.25, -0.2) is 0 Å². The molecule has 0 saturated heterocycles. The Morgan fingerprint density at radius 1 is 1.27 bits per heavy atom. The zero-order chi connectivity index (χ0) is 11.8. The van der Waals surface area contributed by atoms with Crippen LogP contribution in [0.3, 0.4) is 0 Å². The van der Waals surface area contributed by atoms with Crippen LogP contribution in [-0.4, -0.2) is 17.3 Å². The number of halogens is 1. The molecule has 1 N–H and O–H groups in total. The predicted molar refractivity (Wildman–Crippen MR) is 69.3 cm³/mol. The van der Waals surface area contributed by atoms with Crippen LogP contribution in [0.2, 0.25) is 0 Å². The predicted octanol–water partition coefficient (Wildman–Crippen LogP) is 3.35. The fraction of sp³-hybridized carbons (Fsp3) is 0.917. The lowest BCUT2D eigenvalue weighted by Gasteiger charge is -2.24. The maximum atomic E-state index is 11.9. The minimum atomic E-state index is 0.182. The summed E-state index contributed by atoms with van der Waals surface area (Å²) in [6, 6.07) is 0.303. The van der Waals surface area contributed by atoms with Crippen molar-refractivity contribution in [3.05, 3.63) is 0 Å². The second-order valence-electron chi connectivity index (χ2n) is 4.35. The van der Waals surface area contributed by atoms with Crippen LogP contribution in [0.1, 0.15) is 47.0 Å². The third kappa shape index (κ3) is 5.55. The third-order valence-corrected chi connectivity index (χ3v) is 3.37. The Bertz CT molecular complexity index is 178. The fourth-order valence-electron chi connectivity index (χ4n) is 1.65. The van der Waals surface area contributed by atoms with E-state index >= 15 is 0 Å². The van der Waals surface area contributed by atoms with Gasteiger partial charge in [0.25, 0.3) is 0 Å². The highest BCUT2D eigenvalue weighted by Gasteiger charge is 2.19. The van der Waals surface area contributed by atoms with E-state index in [1.807, 2.05) is 0 Å². The van der Waals surface area contributed by atoms with E-state index in [2.05, 4.69) is 48.9 Å². The van der Waals surface area contributed by atoms with Gasteiger partial charge in [-0.1, -0.05) is 43.6 Å². The molecule has 0 fully saturated rings. The number of rotatable bonds is 7. The summed E-state index contributed by atoms with van der Waals surface area (Å²) in [5.41, 5.74) is 0. The number of carbonyl (C=O) groups is 1. The van der Waals surface area contributed by atoms with Crippen LogP contribution in [0.5, 0.6) is 0 Å². The molecule has 3 heteroatoms. The molecule has 0 rings (SSSR count). The van der Waals surface area contributed by atoms with Crippen molar-refractivity contribution in [2.45, 2.75) is 53.0 Å². The Morgan fingerprint density at radius 3 is 2.13 bits per heavy atom. The number of amides is 1. The summed E-state index contributed by atoms with van der Waals surface area (Å²) < 4.78 is 0. The van der Waals surface area contributed by atoms with Gasteiger partial charge in [-0.2, -0.15) is 0 Å². The summed E-state index contributed by atoms with van der Waals surface area (Å²) in [6.07, 6.45) is 2.87. The lowest BCUT2D eigenvalue weighted by Crippen LogP contribution is -2.41. The van der Waals surface area contributed by atoms with Gasteiger partial charge in [-0.15, -0.1) is 0 Å². The van der Waals surface area contributed by atoms with Crippen LogP contribution in [0.25, 0.3) is 0 Å². The van der Waals surface area contributed by atoms with E-state index in [-0.39, 0.29) is 11.8 Å². The summed E-state index contributed by atoms with van der Waals surface area (Å²) in [4.78, 5) is 11.9. The number of nitrogens with one attached hydrogen (secondary N) is 1. The van der Waals surface area contributed by atoms with Gasteiger partial charge in [0.15, 0.2) is 0 Å². The minimum Gasteiger partial charge on any atom is -0.353 e. The highest BCUT2D eigenvalue weighted by molar-refractivity contribution is 9.09. The number of alkyl halides is 1. The first-order chi connectivity index (χ1) is 7.06. The van der Waals surface area contributed by atoms with E-state index in [0.717, 1.165) is 24.6 Å². The van der Waals surface area contributed by atoms with E-state index in [1.165, 1.54) is 0 Å². The first-order valence-electron chi connectivity index (χ1n) is 5.93. The SMILES string of the molecule is CCC(CC)C(=O)NC(CCBr)C(C)C. The van der Waals surface area contributed by atoms with Crippen LogP contribution in [-0.2, 0) is 4.79 Å². The van der Waals surface area contributed by atoms with Crippen molar-refractivity contribution in [2.75, 3.05) is 5.33 Å². The molecular formula is C12H24BrNO. The van der Waals surface area contributed by atoms with Gasteiger partial charge in [-0.05, 0) is 25.2 Å². The molecule has 0 aromatic rings. The maximum absolute atomic E-state index is 11.9. The average Bonchev–Trinajstić information content (AvgIpc) is 2.18. The van der Waals surface area contributed by atoms with Crippen LogP contribution in [0, 0.1) is 11.8 Å². The fourth-order valence-corrected chi connectivity index (χ4v) is 2.14. The molecule has 90 valence electrons. The molecule has 0 bridgehead atoms. The molecule has 0 radical (unpaired) electrons. The van der Waals surface area contributed by atoms with E-state index in [4.69, 9.17) is 0 Å². The van der Waals surface area contributed by atoms with E-state index < -0.39 is 0 Å². The Hall–Kier alpha value is -0.0500. The first-order valence-corrected chi connectivity index (χ1v) is 7.05. The highest BCUT2D eigenvalue weighted by atomic mass is 79.9. The van der Waals surface area contributed by atoms with Crippen LogP contribution in [0.15, 0.2) is 0 Å². The Kier molecular flexibility index (Phi) is 8.12. The van der Waals surface area contributed by atoms with Gasteiger partial charge in [0.2, 0.25) is 5.91 Å². The van der Waals surface area contributed by atoms with Crippen molar-refractivity contribution in [3.63, 3.8) is 0 Å². The average molecular weight is 278 g/mol. The van der Waals surface area contributed by atoms with Crippen LogP contribution in [0.4, 0.5) is 0 Å². The molecule has 1 amide bonds. The molecule has 2 nitrogen and oxygen atoms in total. The Morgan fingerprint density at radius 2 is 1.80 bits per heavy atom. The molecule has 0 aliphatic heterocycles. The highest BCUT2D eigenvalue weighted by Crippen LogP contribution is 2.12. The van der Waals surface area contributed by atoms with E-state index in [0.29, 0.717) is 12.0 Å². The van der Waals surface area contributed by atoms with Gasteiger partial charge >= 0.3 is 0 Å². The summed E-state index contributed by atoms with van der Waals surface area (Å²) in [6.45, 7) is 8.45. The van der Waals surface area contributed by atoms with Crippen molar-refractivity contribution < 1.29 is 4.79 Å². The molecular weight excluding hydrogens is 254 g/mol. The Labute approximate surface area is 102 Å². The lowest BCUT2D eigenvalue weighted by atomic mass is 9.98. The third-order valence-electron chi connectivity index (χ3n) is 2.91. The molecule has 0 aliphatic rings. The second-order valence-corrected chi connectivity index (χ2v) is 5.14. The zero-order valence-electron chi connectivity index (χ0n) is 10.3. The van der Waals surface area contributed by atoms with Crippen molar-refractivity contribution in [1.29, 1.82) is 0 Å². The summed E-state index contributed by atoms with van der Waals surface area (Å²) in [7, 11) is 0. The maximum Gasteiger partial charge on any atom is 0.223 e. The molecule has 1 atom stereocenters. The molecule has 0 heterocycles. The first kappa shape index (κ1) is 14.9. The van der Waals surface area contributed by atoms with Gasteiger partial charge in [0, 0.05) is 17.3 Å². The van der Waals surface area contributed by atoms with E-state index in [1.54, 1.807) is 0 Å². The minimum absolute atomic E-state index is 0.182. The Balaban J connectivity index is 4.20. The quantitative estimate of drug-likeness (QED) is 0.711. The van der Waals surface area contributed by atoms with Gasteiger partial charge in [0.05, 0.1) is 0 Å². The largest absolute Gasteiger partial charge is 0.353 e. The van der Waals surface area contributed by atoms with Crippen molar-refractivity contribution in [1.82, 2.24) is 5.32 Å². The normalized spacial score (nSPS) is 13.3. The van der Waals surface area contributed by atoms with Crippen molar-refractivity contribution >= 4 is 21.8 Å². The number of carbonyl (C=O) groups excluding carboxylic acids is 1. The van der Waals surface area contributed by atoms with Crippen molar-refractivity contribution in [2.24, 2.45) is 11.8 Å². The van der Waals surface area contributed by atoms with Crippen molar-refractivity contribution in [3.8, 4) is 0 Å². The van der Waals surface area contributed by atoms with E-state index in [9.17, 15) is 4.79 Å². The second kappa shape index (κ2) is 8.14.